The Hall–Kier alpha value is -1.39. The normalized spacial score (nSPS) is 9.20. The van der Waals surface area contributed by atoms with Gasteiger partial charge in [-0.25, -0.2) is 4.98 Å². The Morgan fingerprint density at radius 2 is 2.70 bits per heavy atom. The highest BCUT2D eigenvalue weighted by molar-refractivity contribution is 5.45. The van der Waals surface area contributed by atoms with Crippen LogP contribution in [0.25, 0.3) is 0 Å². The number of hydrogen-bond donors (Lipinski definition) is 2. The van der Waals surface area contributed by atoms with Crippen LogP contribution >= 0.6 is 0 Å². The van der Waals surface area contributed by atoms with E-state index in [4.69, 9.17) is 0 Å². The summed E-state index contributed by atoms with van der Waals surface area (Å²) in [7, 11) is 0. The Bertz CT molecular complexity index is 184. The number of amides is 1. The average Bonchev–Trinajstić information content (AvgIpc) is 2.41. The van der Waals surface area contributed by atoms with Crippen LogP contribution in [-0.2, 0) is 11.2 Å². The molecule has 0 atom stereocenters. The van der Waals surface area contributed by atoms with Crippen LogP contribution in [0.3, 0.4) is 0 Å². The molecule has 10 heavy (non-hydrogen) atoms. The zero-order valence-electron chi connectivity index (χ0n) is 5.37. The minimum Gasteiger partial charge on any atom is -0.358 e. The molecule has 1 rings (SSSR count). The quantitative estimate of drug-likeness (QED) is 0.420. The molecule has 0 aliphatic heterocycles. The first-order valence-corrected chi connectivity index (χ1v) is 2.95. The van der Waals surface area contributed by atoms with Crippen LogP contribution in [0.2, 0.25) is 0 Å². The summed E-state index contributed by atoms with van der Waals surface area (Å²) >= 11 is 0. The summed E-state index contributed by atoms with van der Waals surface area (Å²) < 4.78 is 0. The van der Waals surface area contributed by atoms with E-state index in [-0.39, 0.29) is 0 Å². The van der Waals surface area contributed by atoms with Crippen molar-refractivity contribution in [2.45, 2.75) is 6.42 Å². The number of aromatic amines is 1. The van der Waals surface area contributed by atoms with Crippen molar-refractivity contribution in [3.8, 4) is 0 Å². The molecule has 1 amide bonds. The van der Waals surface area contributed by atoms with Crippen molar-refractivity contribution in [3.05, 3.63) is 12.2 Å². The number of nitrogens with zero attached hydrogens (tertiary/aromatic N) is 2. The standard InChI is InChI=1S/C5H8N4O/c10-4-6-2-1-5-7-3-8-9-5/h3-4H,1-2H2,(H,6,10)(H,7,8,9). The van der Waals surface area contributed by atoms with Gasteiger partial charge in [0.05, 0.1) is 0 Å². The third kappa shape index (κ3) is 1.85. The summed E-state index contributed by atoms with van der Waals surface area (Å²) in [5.74, 6) is 0.717. The van der Waals surface area contributed by atoms with E-state index in [1.165, 1.54) is 6.33 Å². The van der Waals surface area contributed by atoms with Crippen molar-refractivity contribution >= 4 is 6.41 Å². The first-order chi connectivity index (χ1) is 4.93. The van der Waals surface area contributed by atoms with Gasteiger partial charge in [0.1, 0.15) is 6.33 Å². The van der Waals surface area contributed by atoms with Crippen molar-refractivity contribution < 1.29 is 4.79 Å². The van der Waals surface area contributed by atoms with Gasteiger partial charge in [-0.15, -0.1) is 0 Å². The molecule has 0 radical (unpaired) electrons. The topological polar surface area (TPSA) is 70.7 Å². The van der Waals surface area contributed by atoms with Crippen LogP contribution in [-0.4, -0.2) is 28.1 Å². The summed E-state index contributed by atoms with van der Waals surface area (Å²) in [6, 6.07) is 0. The van der Waals surface area contributed by atoms with Crippen molar-refractivity contribution in [2.24, 2.45) is 0 Å². The summed E-state index contributed by atoms with van der Waals surface area (Å²) in [4.78, 5) is 13.6. The highest BCUT2D eigenvalue weighted by Crippen LogP contribution is 1.83. The van der Waals surface area contributed by atoms with Gasteiger partial charge in [0.15, 0.2) is 5.82 Å². The maximum Gasteiger partial charge on any atom is 0.207 e. The van der Waals surface area contributed by atoms with Gasteiger partial charge in [0.25, 0.3) is 0 Å². The number of rotatable bonds is 4. The molecule has 0 aliphatic rings. The fraction of sp³-hybridized carbons (Fsp3) is 0.400. The SMILES string of the molecule is O=CNCCc1nc[nH]n1. The summed E-state index contributed by atoms with van der Waals surface area (Å²) in [6.45, 7) is 0.585. The van der Waals surface area contributed by atoms with Gasteiger partial charge in [-0.3, -0.25) is 9.89 Å². The zero-order valence-corrected chi connectivity index (χ0v) is 5.37. The van der Waals surface area contributed by atoms with Crippen LogP contribution < -0.4 is 5.32 Å². The summed E-state index contributed by atoms with van der Waals surface area (Å²) in [5.41, 5.74) is 0. The summed E-state index contributed by atoms with van der Waals surface area (Å²) in [5, 5.41) is 8.89. The lowest BCUT2D eigenvalue weighted by molar-refractivity contribution is -0.109. The molecule has 0 saturated heterocycles. The number of hydrogen-bond acceptors (Lipinski definition) is 3. The van der Waals surface area contributed by atoms with Crippen LogP contribution in [0.4, 0.5) is 0 Å². The fourth-order valence-electron chi connectivity index (χ4n) is 0.599. The molecular weight excluding hydrogens is 132 g/mol. The second kappa shape index (κ2) is 3.60. The van der Waals surface area contributed by atoms with E-state index < -0.39 is 0 Å². The molecule has 0 bridgehead atoms. The third-order valence-corrected chi connectivity index (χ3v) is 1.04. The molecule has 2 N–H and O–H groups in total. The summed E-state index contributed by atoms with van der Waals surface area (Å²) in [6.07, 6.45) is 2.84. The highest BCUT2D eigenvalue weighted by atomic mass is 16.1. The van der Waals surface area contributed by atoms with Crippen molar-refractivity contribution in [1.82, 2.24) is 20.5 Å². The van der Waals surface area contributed by atoms with E-state index in [0.29, 0.717) is 25.2 Å². The number of carbonyl (C=O) groups is 1. The molecule has 5 heteroatoms. The van der Waals surface area contributed by atoms with Crippen LogP contribution in [0, 0.1) is 0 Å². The van der Waals surface area contributed by atoms with E-state index in [1.807, 2.05) is 0 Å². The largest absolute Gasteiger partial charge is 0.358 e. The minimum absolute atomic E-state index is 0.585. The number of aromatic nitrogens is 3. The van der Waals surface area contributed by atoms with Gasteiger partial charge in [-0.05, 0) is 0 Å². The first-order valence-electron chi connectivity index (χ1n) is 2.95. The Morgan fingerprint density at radius 1 is 1.80 bits per heavy atom. The van der Waals surface area contributed by atoms with Crippen LogP contribution in [0.5, 0.6) is 0 Å². The maximum atomic E-state index is 9.77. The Kier molecular flexibility index (Phi) is 2.42. The van der Waals surface area contributed by atoms with Gasteiger partial charge < -0.3 is 5.32 Å². The first kappa shape index (κ1) is 6.73. The lowest BCUT2D eigenvalue weighted by Gasteiger charge is -1.91. The second-order valence-electron chi connectivity index (χ2n) is 1.74. The van der Waals surface area contributed by atoms with Crippen molar-refractivity contribution in [1.29, 1.82) is 0 Å². The molecule has 54 valence electrons. The molecule has 0 aliphatic carbocycles. The number of nitrogens with one attached hydrogen (secondary N) is 2. The van der Waals surface area contributed by atoms with Gasteiger partial charge in [0, 0.05) is 13.0 Å². The second-order valence-corrected chi connectivity index (χ2v) is 1.74. The lowest BCUT2D eigenvalue weighted by Crippen LogP contribution is -2.14. The Labute approximate surface area is 57.9 Å². The predicted molar refractivity (Wildman–Crippen MR) is 34.2 cm³/mol. The van der Waals surface area contributed by atoms with Crippen LogP contribution in [0.1, 0.15) is 5.82 Å². The lowest BCUT2D eigenvalue weighted by atomic mass is 10.4. The molecule has 5 nitrogen and oxygen atoms in total. The van der Waals surface area contributed by atoms with Gasteiger partial charge >= 0.3 is 0 Å². The monoisotopic (exact) mass is 140 g/mol. The van der Waals surface area contributed by atoms with Crippen LogP contribution in [0.15, 0.2) is 6.33 Å². The maximum absolute atomic E-state index is 9.77. The molecule has 0 spiro atoms. The number of carbonyl (C=O) groups excluding carboxylic acids is 1. The molecule has 0 fully saturated rings. The predicted octanol–water partition coefficient (Wildman–Crippen LogP) is -0.907. The van der Waals surface area contributed by atoms with Gasteiger partial charge in [0.2, 0.25) is 6.41 Å². The van der Waals surface area contributed by atoms with E-state index in [0.717, 1.165) is 0 Å². The van der Waals surface area contributed by atoms with Crippen molar-refractivity contribution in [3.63, 3.8) is 0 Å². The number of H-pyrrole nitrogens is 1. The van der Waals surface area contributed by atoms with E-state index in [9.17, 15) is 4.79 Å². The zero-order chi connectivity index (χ0) is 7.23. The van der Waals surface area contributed by atoms with Gasteiger partial charge in [-0.2, -0.15) is 5.10 Å². The molecule has 1 heterocycles. The molecule has 0 aromatic carbocycles. The molecule has 0 saturated carbocycles. The van der Waals surface area contributed by atoms with E-state index >= 15 is 0 Å². The Morgan fingerprint density at radius 3 is 3.30 bits per heavy atom. The molecular formula is C5H8N4O. The van der Waals surface area contributed by atoms with Gasteiger partial charge in [-0.1, -0.05) is 0 Å². The molecule has 1 aromatic heterocycles. The molecule has 0 unspecified atom stereocenters. The fourth-order valence-corrected chi connectivity index (χ4v) is 0.599. The average molecular weight is 140 g/mol. The van der Waals surface area contributed by atoms with E-state index in [1.54, 1.807) is 0 Å². The smallest absolute Gasteiger partial charge is 0.207 e. The Balaban J connectivity index is 2.21. The van der Waals surface area contributed by atoms with E-state index in [2.05, 4.69) is 20.5 Å². The third-order valence-electron chi connectivity index (χ3n) is 1.04. The minimum atomic E-state index is 0.585. The molecule has 1 aromatic rings. The highest BCUT2D eigenvalue weighted by Gasteiger charge is 1.93. The van der Waals surface area contributed by atoms with Crippen molar-refractivity contribution in [2.75, 3.05) is 6.54 Å².